The molecular weight excluding hydrogens is 612 g/mol. The van der Waals surface area contributed by atoms with E-state index in [1.807, 2.05) is 38.1 Å². The Morgan fingerprint density at radius 2 is 1.15 bits per heavy atom. The van der Waals surface area contributed by atoms with E-state index in [0.29, 0.717) is 34.5 Å². The van der Waals surface area contributed by atoms with Gasteiger partial charge in [-0.05, 0) is 54.7 Å². The third-order valence-corrected chi connectivity index (χ3v) is 8.00. The first-order chi connectivity index (χ1) is 23.1. The molecule has 12 nitrogen and oxygen atoms in total. The van der Waals surface area contributed by atoms with Gasteiger partial charge in [0.2, 0.25) is 17.4 Å². The maximum Gasteiger partial charge on any atom is 0.271 e. The summed E-state index contributed by atoms with van der Waals surface area (Å²) in [6.45, 7) is 3.76. The van der Waals surface area contributed by atoms with Crippen molar-refractivity contribution in [2.45, 2.75) is 38.7 Å². The first kappa shape index (κ1) is 33.6. The number of para-hydroxylation sites is 2. The Bertz CT molecular complexity index is 1860. The van der Waals surface area contributed by atoms with E-state index in [1.165, 1.54) is 24.3 Å². The molecule has 0 aliphatic rings. The Morgan fingerprint density at radius 3 is 1.65 bits per heavy atom. The lowest BCUT2D eigenvalue weighted by Gasteiger charge is -2.27. The van der Waals surface area contributed by atoms with Crippen molar-refractivity contribution in [2.24, 2.45) is 11.8 Å². The smallest absolute Gasteiger partial charge is 0.271 e. The van der Waals surface area contributed by atoms with Crippen LogP contribution in [0, 0.1) is 11.8 Å². The summed E-state index contributed by atoms with van der Waals surface area (Å²) in [6, 6.07) is 23.3. The van der Waals surface area contributed by atoms with Crippen LogP contribution in [0.3, 0.4) is 0 Å². The number of amides is 4. The van der Waals surface area contributed by atoms with E-state index in [-0.39, 0.29) is 36.1 Å². The van der Waals surface area contributed by atoms with Crippen molar-refractivity contribution in [3.05, 3.63) is 103 Å². The molecule has 0 saturated carbocycles. The number of nitrogens with one attached hydrogen (secondary N) is 4. The van der Waals surface area contributed by atoms with Gasteiger partial charge in [0.05, 0.1) is 22.4 Å². The molecule has 3 aromatic carbocycles. The molecule has 12 heteroatoms. The highest BCUT2D eigenvalue weighted by Crippen LogP contribution is 2.30. The van der Waals surface area contributed by atoms with Gasteiger partial charge in [-0.2, -0.15) is 0 Å². The first-order valence-electron chi connectivity index (χ1n) is 15.4. The maximum absolute atomic E-state index is 14.0. The van der Waals surface area contributed by atoms with Crippen molar-refractivity contribution in [1.82, 2.24) is 15.4 Å². The highest BCUT2D eigenvalue weighted by molar-refractivity contribution is 6.19. The molecule has 2 aromatic heterocycles. The highest BCUT2D eigenvalue weighted by Gasteiger charge is 2.46. The summed E-state index contributed by atoms with van der Waals surface area (Å²) in [5, 5.41) is 30.5. The SMILES string of the molecule is CC(CC(=O)NO)CC(C)CC(=O)Nc1ccc(C(O)(C(=O)Nc2cccc3cccnc23)C(=O)Nc2cccc3cccnc23)cc1. The summed E-state index contributed by atoms with van der Waals surface area (Å²) < 4.78 is 0. The van der Waals surface area contributed by atoms with Gasteiger partial charge < -0.3 is 21.1 Å². The zero-order valence-electron chi connectivity index (χ0n) is 26.4. The lowest BCUT2D eigenvalue weighted by atomic mass is 9.90. The van der Waals surface area contributed by atoms with Gasteiger partial charge in [-0.25, -0.2) is 5.48 Å². The van der Waals surface area contributed by atoms with Gasteiger partial charge in [0, 0.05) is 47.3 Å². The second-order valence-electron chi connectivity index (χ2n) is 11.9. The Kier molecular flexibility index (Phi) is 10.4. The summed E-state index contributed by atoms with van der Waals surface area (Å²) in [5.74, 6) is -2.86. The molecule has 5 rings (SSSR count). The number of rotatable bonds is 12. The van der Waals surface area contributed by atoms with E-state index < -0.39 is 23.3 Å². The molecule has 2 heterocycles. The molecule has 48 heavy (non-hydrogen) atoms. The van der Waals surface area contributed by atoms with Crippen molar-refractivity contribution < 1.29 is 29.5 Å². The zero-order valence-corrected chi connectivity index (χ0v) is 26.4. The summed E-state index contributed by atoms with van der Waals surface area (Å²) in [7, 11) is 0. The van der Waals surface area contributed by atoms with Gasteiger partial charge in [0.15, 0.2) is 0 Å². The monoisotopic (exact) mass is 648 g/mol. The number of carbonyl (C=O) groups is 4. The largest absolute Gasteiger partial charge is 0.368 e. The second kappa shape index (κ2) is 14.8. The summed E-state index contributed by atoms with van der Waals surface area (Å²) >= 11 is 0. The standard InChI is InChI=1S/C36H36N6O6/c1-22(19-23(2)21-31(44)42-48)20-30(43)39-27-15-13-26(14-16-27)36(47,34(45)40-28-11-3-7-24-9-5-17-37-32(24)28)35(46)41-29-12-4-8-25-10-6-18-38-33(25)29/h3-18,22-23,47-48H,19-21H2,1-2H3,(H,39,43)(H,40,45)(H,41,46)(H,42,44). The van der Waals surface area contributed by atoms with Gasteiger partial charge in [0.25, 0.3) is 11.8 Å². The number of hydrogen-bond acceptors (Lipinski definition) is 8. The zero-order chi connectivity index (χ0) is 34.3. The summed E-state index contributed by atoms with van der Waals surface area (Å²) in [4.78, 5) is 60.8. The van der Waals surface area contributed by atoms with Crippen molar-refractivity contribution >= 4 is 62.5 Å². The molecule has 0 aliphatic carbocycles. The predicted octanol–water partition coefficient (Wildman–Crippen LogP) is 5.13. The number of aromatic nitrogens is 2. The molecule has 2 atom stereocenters. The molecule has 6 N–H and O–H groups in total. The molecule has 0 bridgehead atoms. The van der Waals surface area contributed by atoms with Crippen LogP contribution in [0.5, 0.6) is 0 Å². The molecule has 2 unspecified atom stereocenters. The summed E-state index contributed by atoms with van der Waals surface area (Å²) in [5.41, 5.74) is 0.820. The van der Waals surface area contributed by atoms with Crippen molar-refractivity contribution in [1.29, 1.82) is 0 Å². The molecule has 0 aliphatic heterocycles. The maximum atomic E-state index is 14.0. The fourth-order valence-corrected chi connectivity index (χ4v) is 5.74. The molecule has 4 amide bonds. The normalized spacial score (nSPS) is 12.6. The Morgan fingerprint density at radius 1 is 0.667 bits per heavy atom. The van der Waals surface area contributed by atoms with Crippen LogP contribution in [0.2, 0.25) is 0 Å². The van der Waals surface area contributed by atoms with E-state index >= 15 is 0 Å². The van der Waals surface area contributed by atoms with E-state index in [1.54, 1.807) is 54.3 Å². The van der Waals surface area contributed by atoms with Crippen LogP contribution < -0.4 is 21.4 Å². The van der Waals surface area contributed by atoms with Gasteiger partial charge in [-0.15, -0.1) is 0 Å². The van der Waals surface area contributed by atoms with Crippen molar-refractivity contribution in [3.8, 4) is 0 Å². The van der Waals surface area contributed by atoms with Gasteiger partial charge in [-0.3, -0.25) is 34.4 Å². The summed E-state index contributed by atoms with van der Waals surface area (Å²) in [6.07, 6.45) is 4.07. The number of hydroxylamine groups is 1. The highest BCUT2D eigenvalue weighted by atomic mass is 16.5. The van der Waals surface area contributed by atoms with E-state index in [0.717, 1.165) is 10.8 Å². The van der Waals surface area contributed by atoms with Crippen molar-refractivity contribution in [3.63, 3.8) is 0 Å². The third kappa shape index (κ3) is 7.63. The third-order valence-electron chi connectivity index (χ3n) is 8.00. The average Bonchev–Trinajstić information content (AvgIpc) is 3.08. The van der Waals surface area contributed by atoms with Crippen LogP contribution in [0.1, 0.15) is 38.7 Å². The number of pyridine rings is 2. The molecular formula is C36H36N6O6. The Labute approximate surface area is 276 Å². The van der Waals surface area contributed by atoms with E-state index in [4.69, 9.17) is 5.21 Å². The number of nitrogens with zero attached hydrogens (tertiary/aromatic N) is 2. The van der Waals surface area contributed by atoms with Crippen LogP contribution in [-0.4, -0.2) is 43.9 Å². The average molecular weight is 649 g/mol. The van der Waals surface area contributed by atoms with Crippen LogP contribution >= 0.6 is 0 Å². The lowest BCUT2D eigenvalue weighted by molar-refractivity contribution is -0.148. The van der Waals surface area contributed by atoms with Crippen LogP contribution in [0.15, 0.2) is 97.3 Å². The second-order valence-corrected chi connectivity index (χ2v) is 11.9. The molecule has 0 fully saturated rings. The van der Waals surface area contributed by atoms with Crippen LogP contribution in [0.4, 0.5) is 17.1 Å². The van der Waals surface area contributed by atoms with Crippen LogP contribution in [-0.2, 0) is 24.8 Å². The van der Waals surface area contributed by atoms with Gasteiger partial charge >= 0.3 is 0 Å². The number of fused-ring (bicyclic) bond motifs is 2. The number of aliphatic hydroxyl groups is 1. The molecule has 0 radical (unpaired) electrons. The minimum Gasteiger partial charge on any atom is -0.368 e. The number of carbonyl (C=O) groups excluding carboxylic acids is 4. The predicted molar refractivity (Wildman–Crippen MR) is 182 cm³/mol. The van der Waals surface area contributed by atoms with Gasteiger partial charge in [-0.1, -0.05) is 62.4 Å². The number of hydrogen-bond donors (Lipinski definition) is 6. The Hall–Kier alpha value is -5.72. The minimum atomic E-state index is -2.72. The van der Waals surface area contributed by atoms with Crippen LogP contribution in [0.25, 0.3) is 21.8 Å². The number of anilines is 3. The molecule has 0 spiro atoms. The van der Waals surface area contributed by atoms with E-state index in [9.17, 15) is 24.3 Å². The lowest BCUT2D eigenvalue weighted by Crippen LogP contribution is -2.50. The minimum absolute atomic E-state index is 0.0384. The van der Waals surface area contributed by atoms with Gasteiger partial charge in [0.1, 0.15) is 0 Å². The molecule has 0 saturated heterocycles. The first-order valence-corrected chi connectivity index (χ1v) is 15.4. The number of benzene rings is 3. The Balaban J connectivity index is 1.39. The molecule has 5 aromatic rings. The topological polar surface area (TPSA) is 183 Å². The quantitative estimate of drug-likeness (QED) is 0.0611. The van der Waals surface area contributed by atoms with E-state index in [2.05, 4.69) is 25.9 Å². The molecule has 246 valence electrons. The van der Waals surface area contributed by atoms with Crippen molar-refractivity contribution in [2.75, 3.05) is 16.0 Å². The fraction of sp³-hybridized carbons (Fsp3) is 0.222. The fourth-order valence-electron chi connectivity index (χ4n) is 5.74.